The van der Waals surface area contributed by atoms with E-state index in [9.17, 15) is 4.79 Å². The Morgan fingerprint density at radius 2 is 2.00 bits per heavy atom. The molecule has 2 aromatic rings. The Bertz CT molecular complexity index is 839. The molecule has 1 aromatic carbocycles. The smallest absolute Gasteiger partial charge is 0.274 e. The molecule has 0 unspecified atom stereocenters. The van der Waals surface area contributed by atoms with Crippen LogP contribution in [-0.4, -0.2) is 34.4 Å². The average molecular weight is 368 g/mol. The van der Waals surface area contributed by atoms with Gasteiger partial charge in [-0.1, -0.05) is 29.8 Å². The summed E-state index contributed by atoms with van der Waals surface area (Å²) in [6.07, 6.45) is 5.85. The average Bonchev–Trinajstić information content (AvgIpc) is 3.11. The van der Waals surface area contributed by atoms with Crippen molar-refractivity contribution in [1.82, 2.24) is 9.88 Å². The van der Waals surface area contributed by atoms with Crippen LogP contribution in [0.25, 0.3) is 10.4 Å². The van der Waals surface area contributed by atoms with Crippen LogP contribution in [0, 0.1) is 12.8 Å². The van der Waals surface area contributed by atoms with Crippen molar-refractivity contribution in [1.29, 1.82) is 0 Å². The van der Waals surface area contributed by atoms with E-state index in [2.05, 4.69) is 36.1 Å². The molecule has 5 rings (SSSR count). The highest BCUT2D eigenvalue weighted by atomic mass is 32.1. The van der Waals surface area contributed by atoms with E-state index in [-0.39, 0.29) is 11.9 Å². The van der Waals surface area contributed by atoms with Crippen LogP contribution < -0.4 is 5.73 Å². The highest BCUT2D eigenvalue weighted by Gasteiger charge is 2.48. The first kappa shape index (κ1) is 16.5. The topological polar surface area (TPSA) is 59.2 Å². The van der Waals surface area contributed by atoms with E-state index in [0.717, 1.165) is 28.3 Å². The van der Waals surface area contributed by atoms with Crippen molar-refractivity contribution in [2.75, 3.05) is 6.54 Å². The van der Waals surface area contributed by atoms with Crippen molar-refractivity contribution >= 4 is 17.2 Å². The van der Waals surface area contributed by atoms with Crippen molar-refractivity contribution in [2.45, 2.75) is 57.0 Å². The van der Waals surface area contributed by atoms with Crippen molar-refractivity contribution in [3.8, 4) is 10.4 Å². The van der Waals surface area contributed by atoms with Crippen LogP contribution in [0.5, 0.6) is 0 Å². The maximum atomic E-state index is 13.5. The van der Waals surface area contributed by atoms with Gasteiger partial charge in [0, 0.05) is 24.5 Å². The number of aryl methyl sites for hydroxylation is 1. The molecule has 26 heavy (non-hydrogen) atoms. The van der Waals surface area contributed by atoms with Gasteiger partial charge >= 0.3 is 0 Å². The second kappa shape index (κ2) is 6.17. The van der Waals surface area contributed by atoms with Gasteiger partial charge in [-0.15, -0.1) is 11.3 Å². The lowest BCUT2D eigenvalue weighted by Gasteiger charge is -2.34. The van der Waals surface area contributed by atoms with Crippen LogP contribution in [0.2, 0.25) is 0 Å². The molecule has 3 atom stereocenters. The Kier molecular flexibility index (Phi) is 3.90. The second-order valence-electron chi connectivity index (χ2n) is 8.11. The van der Waals surface area contributed by atoms with E-state index in [1.807, 2.05) is 0 Å². The number of thiazole rings is 1. The second-order valence-corrected chi connectivity index (χ2v) is 9.14. The Morgan fingerprint density at radius 1 is 1.23 bits per heavy atom. The molecule has 1 aliphatic heterocycles. The van der Waals surface area contributed by atoms with Gasteiger partial charge in [0.2, 0.25) is 0 Å². The minimum absolute atomic E-state index is 0.103. The number of carbonyl (C=O) groups is 1. The van der Waals surface area contributed by atoms with Crippen molar-refractivity contribution < 1.29 is 4.79 Å². The third-order valence-electron chi connectivity index (χ3n) is 6.30. The van der Waals surface area contributed by atoms with E-state index < -0.39 is 0 Å². The van der Waals surface area contributed by atoms with Crippen molar-refractivity contribution in [3.05, 3.63) is 40.5 Å². The number of hydrogen-bond acceptors (Lipinski definition) is 4. The van der Waals surface area contributed by atoms with Crippen LogP contribution in [0.1, 0.15) is 59.1 Å². The molecule has 2 heterocycles. The van der Waals surface area contributed by atoms with Gasteiger partial charge in [0.25, 0.3) is 5.91 Å². The molecule has 0 spiro atoms. The molecule has 1 saturated heterocycles. The monoisotopic (exact) mass is 367 g/mol. The van der Waals surface area contributed by atoms with Gasteiger partial charge < -0.3 is 10.6 Å². The van der Waals surface area contributed by atoms with Gasteiger partial charge in [-0.25, -0.2) is 4.98 Å². The lowest BCUT2D eigenvalue weighted by molar-refractivity contribution is 0.0597. The summed E-state index contributed by atoms with van der Waals surface area (Å²) in [5.41, 5.74) is 9.04. The molecule has 1 aromatic heterocycles. The molecule has 4 nitrogen and oxygen atoms in total. The number of amides is 1. The summed E-state index contributed by atoms with van der Waals surface area (Å²) in [6, 6.07) is 9.01. The number of hydrogen-bond donors (Lipinski definition) is 1. The van der Waals surface area contributed by atoms with E-state index in [4.69, 9.17) is 10.7 Å². The maximum absolute atomic E-state index is 13.5. The molecule has 2 aliphatic carbocycles. The van der Waals surface area contributed by atoms with Crippen LogP contribution in [0.15, 0.2) is 24.3 Å². The van der Waals surface area contributed by atoms with E-state index in [1.54, 1.807) is 11.3 Å². The summed E-state index contributed by atoms with van der Waals surface area (Å²) < 4.78 is 0. The first-order valence-corrected chi connectivity index (χ1v) is 10.6. The number of piperidine rings is 1. The number of nitrogens with two attached hydrogens (primary N) is 1. The van der Waals surface area contributed by atoms with Gasteiger partial charge in [0.1, 0.15) is 5.69 Å². The molecular weight excluding hydrogens is 342 g/mol. The fourth-order valence-corrected chi connectivity index (χ4v) is 5.96. The maximum Gasteiger partial charge on any atom is 0.274 e. The number of aromatic nitrogens is 1. The summed E-state index contributed by atoms with van der Waals surface area (Å²) in [7, 11) is 0. The number of benzene rings is 1. The highest BCUT2D eigenvalue weighted by molar-refractivity contribution is 7.15. The Labute approximate surface area is 158 Å². The number of likely N-dealkylation sites (tertiary alicyclic amines) is 1. The number of nitrogens with zero attached hydrogens (tertiary/aromatic N) is 2. The zero-order chi connectivity index (χ0) is 17.8. The zero-order valence-corrected chi connectivity index (χ0v) is 16.0. The number of rotatable bonds is 4. The minimum Gasteiger partial charge on any atom is -0.330 e. The SMILES string of the molecule is Cc1ccc(-c2sc(C3CC3)nc2C(=O)N2[C@@H]3CC[C@@H](C3)[C@H]2CN)cc1. The van der Waals surface area contributed by atoms with E-state index >= 15 is 0 Å². The molecule has 0 radical (unpaired) electrons. The predicted molar refractivity (Wildman–Crippen MR) is 104 cm³/mol. The Balaban J connectivity index is 1.55. The summed E-state index contributed by atoms with van der Waals surface area (Å²) in [4.78, 5) is 21.5. The summed E-state index contributed by atoms with van der Waals surface area (Å²) >= 11 is 1.72. The molecule has 136 valence electrons. The molecule has 1 amide bonds. The lowest BCUT2D eigenvalue weighted by Crippen LogP contribution is -2.48. The first-order valence-electron chi connectivity index (χ1n) is 9.76. The van der Waals surface area contributed by atoms with Gasteiger partial charge in [-0.3, -0.25) is 4.79 Å². The zero-order valence-electron chi connectivity index (χ0n) is 15.1. The molecule has 2 saturated carbocycles. The summed E-state index contributed by atoms with van der Waals surface area (Å²) in [5.74, 6) is 1.25. The van der Waals surface area contributed by atoms with Gasteiger partial charge in [0.05, 0.1) is 9.88 Å². The predicted octanol–water partition coefficient (Wildman–Crippen LogP) is 3.95. The quantitative estimate of drug-likeness (QED) is 0.890. The third-order valence-corrected chi connectivity index (χ3v) is 7.57. The third kappa shape index (κ3) is 2.60. The van der Waals surface area contributed by atoms with E-state index in [0.29, 0.717) is 30.1 Å². The van der Waals surface area contributed by atoms with Gasteiger partial charge in [-0.05, 0) is 50.5 Å². The van der Waals surface area contributed by atoms with Crippen molar-refractivity contribution in [2.24, 2.45) is 11.7 Å². The molecule has 3 fully saturated rings. The van der Waals surface area contributed by atoms with Crippen molar-refractivity contribution in [3.63, 3.8) is 0 Å². The molecule has 2 N–H and O–H groups in total. The Hall–Kier alpha value is -1.72. The largest absolute Gasteiger partial charge is 0.330 e. The highest BCUT2D eigenvalue weighted by Crippen LogP contribution is 2.47. The normalized spacial score (nSPS) is 27.3. The first-order chi connectivity index (χ1) is 12.7. The van der Waals surface area contributed by atoms with Crippen LogP contribution in [0.4, 0.5) is 0 Å². The number of fused-ring (bicyclic) bond motifs is 2. The molecule has 2 bridgehead atoms. The fourth-order valence-electron chi connectivity index (χ4n) is 4.72. The summed E-state index contributed by atoms with van der Waals surface area (Å²) in [5, 5.41) is 1.14. The standard InChI is InChI=1S/C21H25N3OS/c1-12-2-4-13(5-3-12)19-18(23-20(26-19)14-6-7-14)21(25)24-16-9-8-15(10-16)17(24)11-22/h2-5,14-17H,6-11,22H2,1H3/t15-,16+,17+/m0/s1. The lowest BCUT2D eigenvalue weighted by atomic mass is 9.98. The molecule has 3 aliphatic rings. The molecular formula is C21H25N3OS. The van der Waals surface area contributed by atoms with Crippen LogP contribution in [0.3, 0.4) is 0 Å². The van der Waals surface area contributed by atoms with E-state index in [1.165, 1.54) is 24.8 Å². The van der Waals surface area contributed by atoms with Crippen LogP contribution >= 0.6 is 11.3 Å². The van der Waals surface area contributed by atoms with Gasteiger partial charge in [-0.2, -0.15) is 0 Å². The molecule has 5 heteroatoms. The fraction of sp³-hybridized carbons (Fsp3) is 0.524. The summed E-state index contributed by atoms with van der Waals surface area (Å²) in [6.45, 7) is 2.65. The number of carbonyl (C=O) groups excluding carboxylic acids is 1. The van der Waals surface area contributed by atoms with Gasteiger partial charge in [0.15, 0.2) is 0 Å². The Morgan fingerprint density at radius 3 is 2.69 bits per heavy atom. The van der Waals surface area contributed by atoms with Crippen LogP contribution in [-0.2, 0) is 0 Å². The minimum atomic E-state index is 0.103.